The third-order valence-corrected chi connectivity index (χ3v) is 4.47. The van der Waals surface area contributed by atoms with Gasteiger partial charge in [0.1, 0.15) is 5.82 Å². The van der Waals surface area contributed by atoms with Gasteiger partial charge in [0.2, 0.25) is 0 Å². The number of nitrogens with two attached hydrogens (primary N) is 1. The molecule has 0 aromatic heterocycles. The molecular weight excluding hydrogens is 243 g/mol. The van der Waals surface area contributed by atoms with Crippen LogP contribution in [0, 0.1) is 11.7 Å². The van der Waals surface area contributed by atoms with Crippen LogP contribution in [0.25, 0.3) is 0 Å². The Balaban J connectivity index is 1.88. The number of carbonyl (C=O) groups excluding carboxylic acids is 1. The molecule has 2 aliphatic rings. The van der Waals surface area contributed by atoms with E-state index in [-0.39, 0.29) is 11.5 Å². The fraction of sp³-hybridized carbons (Fsp3) is 0.533. The second-order valence-electron chi connectivity index (χ2n) is 5.64. The van der Waals surface area contributed by atoms with Crippen molar-refractivity contribution in [2.24, 2.45) is 5.92 Å². The van der Waals surface area contributed by atoms with Gasteiger partial charge in [0, 0.05) is 18.3 Å². The van der Waals surface area contributed by atoms with Crippen molar-refractivity contribution < 1.29 is 9.18 Å². The smallest absolute Gasteiger partial charge is 0.257 e. The molecule has 0 spiro atoms. The summed E-state index contributed by atoms with van der Waals surface area (Å²) in [5.41, 5.74) is 6.22. The van der Waals surface area contributed by atoms with Crippen LogP contribution < -0.4 is 5.73 Å². The molecule has 1 aromatic rings. The van der Waals surface area contributed by atoms with E-state index in [1.54, 1.807) is 0 Å². The van der Waals surface area contributed by atoms with E-state index in [1.165, 1.54) is 37.5 Å². The molecular formula is C15H19FN2O. The number of anilines is 1. The Morgan fingerprint density at radius 2 is 2.05 bits per heavy atom. The molecule has 1 saturated heterocycles. The molecule has 1 aliphatic carbocycles. The number of benzene rings is 1. The number of likely N-dealkylation sites (tertiary alicyclic amines) is 1. The lowest BCUT2D eigenvalue weighted by Gasteiger charge is -2.38. The Hall–Kier alpha value is -1.58. The molecule has 19 heavy (non-hydrogen) atoms. The maximum absolute atomic E-state index is 13.8. The van der Waals surface area contributed by atoms with Gasteiger partial charge < -0.3 is 10.6 Å². The third-order valence-electron chi connectivity index (χ3n) is 4.47. The Bertz CT molecular complexity index is 503. The number of piperidine rings is 1. The lowest BCUT2D eigenvalue weighted by atomic mass is 9.91. The van der Waals surface area contributed by atoms with E-state index in [9.17, 15) is 9.18 Å². The average Bonchev–Trinajstić information content (AvgIpc) is 2.89. The summed E-state index contributed by atoms with van der Waals surface area (Å²) in [6.07, 6.45) is 5.66. The summed E-state index contributed by atoms with van der Waals surface area (Å²) < 4.78 is 13.8. The van der Waals surface area contributed by atoms with Crippen molar-refractivity contribution in [3.8, 4) is 0 Å². The van der Waals surface area contributed by atoms with Gasteiger partial charge in [-0.25, -0.2) is 4.39 Å². The average molecular weight is 262 g/mol. The van der Waals surface area contributed by atoms with Crippen LogP contribution >= 0.6 is 0 Å². The standard InChI is InChI=1S/C15H19FN2O/c16-13-7-6-11(17)9-12(13)15(19)18-8-2-4-10-3-1-5-14(10)18/h6-7,9-10,14H,1-5,8,17H2. The Morgan fingerprint density at radius 1 is 1.26 bits per heavy atom. The molecule has 1 heterocycles. The van der Waals surface area contributed by atoms with Gasteiger partial charge >= 0.3 is 0 Å². The Labute approximate surface area is 112 Å². The minimum absolute atomic E-state index is 0.118. The van der Waals surface area contributed by atoms with Crippen LogP contribution in [0.5, 0.6) is 0 Å². The molecule has 3 rings (SSSR count). The molecule has 2 fully saturated rings. The highest BCUT2D eigenvalue weighted by molar-refractivity contribution is 5.95. The molecule has 2 atom stereocenters. The monoisotopic (exact) mass is 262 g/mol. The van der Waals surface area contributed by atoms with Gasteiger partial charge in [0.05, 0.1) is 5.56 Å². The molecule has 4 heteroatoms. The van der Waals surface area contributed by atoms with E-state index in [2.05, 4.69) is 0 Å². The minimum Gasteiger partial charge on any atom is -0.399 e. The van der Waals surface area contributed by atoms with Crippen LogP contribution in [0.1, 0.15) is 42.5 Å². The van der Waals surface area contributed by atoms with Gasteiger partial charge in [0.15, 0.2) is 0 Å². The molecule has 102 valence electrons. The maximum atomic E-state index is 13.8. The zero-order valence-corrected chi connectivity index (χ0v) is 10.9. The largest absolute Gasteiger partial charge is 0.399 e. The van der Waals surface area contributed by atoms with E-state index in [4.69, 9.17) is 5.73 Å². The van der Waals surface area contributed by atoms with Crippen molar-refractivity contribution in [3.63, 3.8) is 0 Å². The van der Waals surface area contributed by atoms with Crippen LogP contribution in [0.15, 0.2) is 18.2 Å². The summed E-state index contributed by atoms with van der Waals surface area (Å²) >= 11 is 0. The molecule has 2 N–H and O–H groups in total. The van der Waals surface area contributed by atoms with Gasteiger partial charge in [-0.1, -0.05) is 6.42 Å². The van der Waals surface area contributed by atoms with E-state index >= 15 is 0 Å². The molecule has 1 aromatic carbocycles. The van der Waals surface area contributed by atoms with Gasteiger partial charge in [-0.3, -0.25) is 4.79 Å². The second kappa shape index (κ2) is 4.83. The normalized spacial score (nSPS) is 26.3. The zero-order valence-electron chi connectivity index (χ0n) is 10.9. The van der Waals surface area contributed by atoms with Gasteiger partial charge in [-0.2, -0.15) is 0 Å². The number of carbonyl (C=O) groups is 1. The number of nitrogen functional groups attached to an aromatic ring is 1. The van der Waals surface area contributed by atoms with Crippen LogP contribution in [0.2, 0.25) is 0 Å². The number of nitrogens with zero attached hydrogens (tertiary/aromatic N) is 1. The van der Waals surface area contributed by atoms with Crippen molar-refractivity contribution >= 4 is 11.6 Å². The fourth-order valence-electron chi connectivity index (χ4n) is 3.57. The number of hydrogen-bond donors (Lipinski definition) is 1. The molecule has 0 radical (unpaired) electrons. The first-order chi connectivity index (χ1) is 9.16. The number of fused-ring (bicyclic) bond motifs is 1. The van der Waals surface area contributed by atoms with Crippen molar-refractivity contribution in [1.82, 2.24) is 4.90 Å². The zero-order chi connectivity index (χ0) is 13.4. The lowest BCUT2D eigenvalue weighted by molar-refractivity contribution is 0.0544. The van der Waals surface area contributed by atoms with Gasteiger partial charge in [-0.05, 0) is 49.8 Å². The Kier molecular flexibility index (Phi) is 3.17. The van der Waals surface area contributed by atoms with Crippen molar-refractivity contribution in [2.45, 2.75) is 38.1 Å². The molecule has 0 bridgehead atoms. The number of rotatable bonds is 1. The van der Waals surface area contributed by atoms with E-state index in [1.807, 2.05) is 4.90 Å². The van der Waals surface area contributed by atoms with Crippen LogP contribution in [0.3, 0.4) is 0 Å². The predicted molar refractivity (Wildman–Crippen MR) is 72.2 cm³/mol. The van der Waals surface area contributed by atoms with Crippen LogP contribution in [-0.4, -0.2) is 23.4 Å². The summed E-state index contributed by atoms with van der Waals surface area (Å²) in [7, 11) is 0. The SMILES string of the molecule is Nc1ccc(F)c(C(=O)N2CCCC3CCCC32)c1. The van der Waals surface area contributed by atoms with E-state index in [0.29, 0.717) is 17.6 Å². The molecule has 2 unspecified atom stereocenters. The first-order valence-corrected chi connectivity index (χ1v) is 7.03. The number of hydrogen-bond acceptors (Lipinski definition) is 2. The molecule has 1 saturated carbocycles. The Morgan fingerprint density at radius 3 is 2.89 bits per heavy atom. The van der Waals surface area contributed by atoms with Crippen LogP contribution in [-0.2, 0) is 0 Å². The quantitative estimate of drug-likeness (QED) is 0.791. The summed E-state index contributed by atoms with van der Waals surface area (Å²) in [5.74, 6) is -0.0532. The second-order valence-corrected chi connectivity index (χ2v) is 5.64. The highest BCUT2D eigenvalue weighted by Gasteiger charge is 2.38. The topological polar surface area (TPSA) is 46.3 Å². The van der Waals surface area contributed by atoms with Crippen molar-refractivity contribution in [1.29, 1.82) is 0 Å². The van der Waals surface area contributed by atoms with Crippen LogP contribution in [0.4, 0.5) is 10.1 Å². The minimum atomic E-state index is -0.473. The summed E-state index contributed by atoms with van der Waals surface area (Å²) in [6, 6.07) is 4.53. The van der Waals surface area contributed by atoms with Crippen molar-refractivity contribution in [2.75, 3.05) is 12.3 Å². The lowest BCUT2D eigenvalue weighted by Crippen LogP contribution is -2.46. The molecule has 1 aliphatic heterocycles. The summed E-state index contributed by atoms with van der Waals surface area (Å²) in [6.45, 7) is 0.744. The van der Waals surface area contributed by atoms with E-state index in [0.717, 1.165) is 19.4 Å². The molecule has 1 amide bonds. The fourth-order valence-corrected chi connectivity index (χ4v) is 3.57. The van der Waals surface area contributed by atoms with Crippen molar-refractivity contribution in [3.05, 3.63) is 29.6 Å². The van der Waals surface area contributed by atoms with E-state index < -0.39 is 5.82 Å². The highest BCUT2D eigenvalue weighted by atomic mass is 19.1. The predicted octanol–water partition coefficient (Wildman–Crippen LogP) is 2.81. The highest BCUT2D eigenvalue weighted by Crippen LogP contribution is 2.37. The third kappa shape index (κ3) is 2.20. The first kappa shape index (κ1) is 12.5. The van der Waals surface area contributed by atoms with Gasteiger partial charge in [-0.15, -0.1) is 0 Å². The summed E-state index contributed by atoms with van der Waals surface area (Å²) in [4.78, 5) is 14.4. The molecule has 3 nitrogen and oxygen atoms in total. The van der Waals surface area contributed by atoms with Gasteiger partial charge in [0.25, 0.3) is 5.91 Å². The summed E-state index contributed by atoms with van der Waals surface area (Å²) in [5, 5.41) is 0. The first-order valence-electron chi connectivity index (χ1n) is 7.03. The maximum Gasteiger partial charge on any atom is 0.257 e. The number of amides is 1. The number of halogens is 1.